The summed E-state index contributed by atoms with van der Waals surface area (Å²) >= 11 is 3.27. The first kappa shape index (κ1) is 21.5. The SMILES string of the molecule is N#CC(=Cc1ccc(-c2ccc([N+](=O)[O-])cc2Br)o1)C(=O)Nc1ccc(C(=O)O)cc1. The molecule has 0 spiro atoms. The van der Waals surface area contributed by atoms with E-state index in [1.165, 1.54) is 48.5 Å². The van der Waals surface area contributed by atoms with E-state index >= 15 is 0 Å². The third kappa shape index (κ3) is 5.04. The third-order valence-corrected chi connectivity index (χ3v) is 4.75. The van der Waals surface area contributed by atoms with Crippen LogP contribution in [0.2, 0.25) is 0 Å². The number of carbonyl (C=O) groups is 2. The highest BCUT2D eigenvalue weighted by molar-refractivity contribution is 9.10. The van der Waals surface area contributed by atoms with Crippen molar-refractivity contribution in [2.45, 2.75) is 0 Å². The van der Waals surface area contributed by atoms with Gasteiger partial charge in [-0.25, -0.2) is 4.79 Å². The molecule has 3 aromatic rings. The van der Waals surface area contributed by atoms with E-state index < -0.39 is 16.8 Å². The van der Waals surface area contributed by atoms with Crippen LogP contribution in [0, 0.1) is 21.4 Å². The van der Waals surface area contributed by atoms with Gasteiger partial charge in [-0.05, 0) is 58.4 Å². The van der Waals surface area contributed by atoms with Gasteiger partial charge in [0.2, 0.25) is 0 Å². The van der Waals surface area contributed by atoms with Crippen LogP contribution in [0.1, 0.15) is 16.1 Å². The summed E-state index contributed by atoms with van der Waals surface area (Å²) in [4.78, 5) is 33.6. The number of furan rings is 1. The molecule has 0 aliphatic rings. The normalized spacial score (nSPS) is 10.9. The van der Waals surface area contributed by atoms with E-state index in [4.69, 9.17) is 9.52 Å². The molecule has 0 aliphatic heterocycles. The Morgan fingerprint density at radius 2 is 1.87 bits per heavy atom. The average molecular weight is 482 g/mol. The van der Waals surface area contributed by atoms with Gasteiger partial charge in [-0.2, -0.15) is 5.26 Å². The number of anilines is 1. The van der Waals surface area contributed by atoms with Gasteiger partial charge < -0.3 is 14.8 Å². The zero-order valence-electron chi connectivity index (χ0n) is 15.5. The molecule has 154 valence electrons. The summed E-state index contributed by atoms with van der Waals surface area (Å²) in [5, 5.41) is 31.6. The van der Waals surface area contributed by atoms with Crippen LogP contribution in [-0.4, -0.2) is 21.9 Å². The van der Waals surface area contributed by atoms with Crippen LogP contribution in [0.25, 0.3) is 17.4 Å². The summed E-state index contributed by atoms with van der Waals surface area (Å²) in [6.07, 6.45) is 1.25. The number of amides is 1. The van der Waals surface area contributed by atoms with Crippen LogP contribution in [0.4, 0.5) is 11.4 Å². The molecule has 2 N–H and O–H groups in total. The number of hydrogen-bond donors (Lipinski definition) is 2. The zero-order chi connectivity index (χ0) is 22.5. The lowest BCUT2D eigenvalue weighted by Gasteiger charge is -2.04. The van der Waals surface area contributed by atoms with Crippen molar-refractivity contribution >= 4 is 45.3 Å². The fourth-order valence-electron chi connectivity index (χ4n) is 2.58. The van der Waals surface area contributed by atoms with Gasteiger partial charge in [0, 0.05) is 33.9 Å². The van der Waals surface area contributed by atoms with Gasteiger partial charge in [0.15, 0.2) is 0 Å². The number of carboxylic acids is 1. The van der Waals surface area contributed by atoms with Crippen molar-refractivity contribution in [2.24, 2.45) is 0 Å². The highest BCUT2D eigenvalue weighted by atomic mass is 79.9. The van der Waals surface area contributed by atoms with Gasteiger partial charge in [-0.3, -0.25) is 14.9 Å². The van der Waals surface area contributed by atoms with Gasteiger partial charge in [-0.15, -0.1) is 0 Å². The number of aromatic carboxylic acids is 1. The van der Waals surface area contributed by atoms with E-state index in [9.17, 15) is 25.0 Å². The molecule has 2 aromatic carbocycles. The Bertz CT molecular complexity index is 1250. The number of halogens is 1. The fourth-order valence-corrected chi connectivity index (χ4v) is 3.14. The predicted molar refractivity (Wildman–Crippen MR) is 114 cm³/mol. The largest absolute Gasteiger partial charge is 0.478 e. The maximum atomic E-state index is 12.4. The standard InChI is InChI=1S/C21H12BrN3O6/c22-18-10-15(25(29)30)5-7-17(18)19-8-6-16(31-19)9-13(11-23)20(26)24-14-3-1-12(2-4-14)21(27)28/h1-10H,(H,24,26)(H,27,28). The van der Waals surface area contributed by atoms with Crippen LogP contribution < -0.4 is 5.32 Å². The highest BCUT2D eigenvalue weighted by Gasteiger charge is 2.15. The molecule has 10 heteroatoms. The smallest absolute Gasteiger partial charge is 0.335 e. The Morgan fingerprint density at radius 1 is 1.16 bits per heavy atom. The molecule has 9 nitrogen and oxygen atoms in total. The van der Waals surface area contributed by atoms with Crippen molar-refractivity contribution in [3.63, 3.8) is 0 Å². The number of nitro benzene ring substituents is 1. The fraction of sp³-hybridized carbons (Fsp3) is 0. The number of nitrogens with zero attached hydrogens (tertiary/aromatic N) is 2. The Balaban J connectivity index is 1.79. The number of carbonyl (C=O) groups excluding carboxylic acids is 1. The number of nitriles is 1. The molecule has 1 amide bonds. The maximum absolute atomic E-state index is 12.4. The monoisotopic (exact) mass is 481 g/mol. The minimum atomic E-state index is -1.09. The van der Waals surface area contributed by atoms with Crippen LogP contribution >= 0.6 is 15.9 Å². The van der Waals surface area contributed by atoms with E-state index in [2.05, 4.69) is 21.2 Å². The topological polar surface area (TPSA) is 146 Å². The van der Waals surface area contributed by atoms with Crippen molar-refractivity contribution in [3.05, 3.63) is 86.1 Å². The Hall–Kier alpha value is -4.23. The quantitative estimate of drug-likeness (QED) is 0.221. The first-order valence-corrected chi connectivity index (χ1v) is 9.38. The first-order chi connectivity index (χ1) is 14.8. The van der Waals surface area contributed by atoms with Gasteiger partial charge in [0.25, 0.3) is 11.6 Å². The molecule has 0 saturated heterocycles. The van der Waals surface area contributed by atoms with Crippen LogP contribution in [0.5, 0.6) is 0 Å². The molecular formula is C21H12BrN3O6. The summed E-state index contributed by atoms with van der Waals surface area (Å²) in [5.74, 6) is -1.17. The molecule has 0 saturated carbocycles. The van der Waals surface area contributed by atoms with Crippen LogP contribution in [0.15, 0.2) is 69.1 Å². The molecular weight excluding hydrogens is 470 g/mol. The number of hydrogen-bond acceptors (Lipinski definition) is 6. The molecule has 0 unspecified atom stereocenters. The van der Waals surface area contributed by atoms with Crippen molar-refractivity contribution in [2.75, 3.05) is 5.32 Å². The Morgan fingerprint density at radius 3 is 2.45 bits per heavy atom. The van der Waals surface area contributed by atoms with Gasteiger partial charge in [-0.1, -0.05) is 0 Å². The number of nitro groups is 1. The van der Waals surface area contributed by atoms with Gasteiger partial charge in [0.1, 0.15) is 23.2 Å². The van der Waals surface area contributed by atoms with Gasteiger partial charge in [0.05, 0.1) is 10.5 Å². The molecule has 3 rings (SSSR count). The first-order valence-electron chi connectivity index (χ1n) is 8.59. The van der Waals surface area contributed by atoms with E-state index in [0.29, 0.717) is 21.5 Å². The molecule has 0 atom stereocenters. The summed E-state index contributed by atoms with van der Waals surface area (Å²) in [6.45, 7) is 0. The second-order valence-corrected chi connectivity index (χ2v) is 6.98. The summed E-state index contributed by atoms with van der Waals surface area (Å²) < 4.78 is 6.11. The van der Waals surface area contributed by atoms with Crippen molar-refractivity contribution in [1.82, 2.24) is 0 Å². The highest BCUT2D eigenvalue weighted by Crippen LogP contribution is 2.33. The number of rotatable bonds is 6. The average Bonchev–Trinajstić information content (AvgIpc) is 3.20. The zero-order valence-corrected chi connectivity index (χ0v) is 17.1. The lowest BCUT2D eigenvalue weighted by atomic mass is 10.1. The van der Waals surface area contributed by atoms with E-state index in [1.54, 1.807) is 18.2 Å². The molecule has 31 heavy (non-hydrogen) atoms. The molecule has 0 fully saturated rings. The lowest BCUT2D eigenvalue weighted by Crippen LogP contribution is -2.13. The number of non-ortho nitro benzene ring substituents is 1. The summed E-state index contributed by atoms with van der Waals surface area (Å²) in [6, 6.07) is 14.6. The lowest BCUT2D eigenvalue weighted by molar-refractivity contribution is -0.384. The van der Waals surface area contributed by atoms with E-state index in [1.807, 2.05) is 0 Å². The summed E-state index contributed by atoms with van der Waals surface area (Å²) in [7, 11) is 0. The van der Waals surface area contributed by atoms with Crippen LogP contribution in [0.3, 0.4) is 0 Å². The van der Waals surface area contributed by atoms with Crippen molar-refractivity contribution < 1.29 is 24.0 Å². The molecule has 1 heterocycles. The predicted octanol–water partition coefficient (Wildman–Crippen LogP) is 4.86. The molecule has 0 radical (unpaired) electrons. The molecule has 0 aliphatic carbocycles. The van der Waals surface area contributed by atoms with Gasteiger partial charge >= 0.3 is 5.97 Å². The minimum Gasteiger partial charge on any atom is -0.478 e. The second kappa shape index (κ2) is 9.06. The van der Waals surface area contributed by atoms with E-state index in [0.717, 1.165) is 0 Å². The van der Waals surface area contributed by atoms with Crippen LogP contribution in [-0.2, 0) is 4.79 Å². The Kier molecular flexibility index (Phi) is 6.28. The number of benzene rings is 2. The number of carboxylic acid groups (broad SMARTS) is 1. The minimum absolute atomic E-state index is 0.0644. The number of nitrogens with one attached hydrogen (secondary N) is 1. The van der Waals surface area contributed by atoms with Crippen molar-refractivity contribution in [1.29, 1.82) is 5.26 Å². The third-order valence-electron chi connectivity index (χ3n) is 4.10. The molecule has 1 aromatic heterocycles. The second-order valence-electron chi connectivity index (χ2n) is 6.13. The van der Waals surface area contributed by atoms with Crippen molar-refractivity contribution in [3.8, 4) is 17.4 Å². The molecule has 0 bridgehead atoms. The maximum Gasteiger partial charge on any atom is 0.335 e. The summed E-state index contributed by atoms with van der Waals surface area (Å²) in [5.41, 5.74) is 0.639. The van der Waals surface area contributed by atoms with E-state index in [-0.39, 0.29) is 22.6 Å². The Labute approximate surface area is 183 Å².